The minimum atomic E-state index is -0.730. The fraction of sp³-hybridized carbons (Fsp3) is 0.263. The second-order valence-electron chi connectivity index (χ2n) is 5.84. The Morgan fingerprint density at radius 1 is 1.12 bits per heavy atom. The van der Waals surface area contributed by atoms with Crippen molar-refractivity contribution in [3.63, 3.8) is 0 Å². The summed E-state index contributed by atoms with van der Waals surface area (Å²) in [5.41, 5.74) is 0.854. The highest BCUT2D eigenvalue weighted by atomic mass is 35.5. The summed E-state index contributed by atoms with van der Waals surface area (Å²) in [5.74, 6) is -1.84. The van der Waals surface area contributed by atoms with E-state index < -0.39 is 11.8 Å². The van der Waals surface area contributed by atoms with Gasteiger partial charge in [0.1, 0.15) is 17.1 Å². The van der Waals surface area contributed by atoms with E-state index in [1.54, 1.807) is 26.0 Å². The summed E-state index contributed by atoms with van der Waals surface area (Å²) in [6, 6.07) is 7.01. The standard InChI is InChI=1S/C19H19ClO5/c1-4-11-7-14(18(23)15(20)8-11)17(22)12-5-6-16(21)13(9-12)19(24)25-10(2)3/h5-10,21,23H,4H2,1-3H3. The molecule has 0 amide bonds. The van der Waals surface area contributed by atoms with Gasteiger partial charge in [0.2, 0.25) is 0 Å². The fourth-order valence-electron chi connectivity index (χ4n) is 2.31. The van der Waals surface area contributed by atoms with E-state index in [0.29, 0.717) is 6.42 Å². The van der Waals surface area contributed by atoms with Crippen LogP contribution in [0.1, 0.15) is 52.6 Å². The van der Waals surface area contributed by atoms with E-state index >= 15 is 0 Å². The lowest BCUT2D eigenvalue weighted by Crippen LogP contribution is -2.13. The first-order valence-electron chi connectivity index (χ1n) is 7.84. The first-order chi connectivity index (χ1) is 11.7. The van der Waals surface area contributed by atoms with Crippen LogP contribution >= 0.6 is 11.6 Å². The van der Waals surface area contributed by atoms with Gasteiger partial charge in [0, 0.05) is 5.56 Å². The molecule has 0 atom stereocenters. The lowest BCUT2D eigenvalue weighted by Gasteiger charge is -2.11. The minimum absolute atomic E-state index is 0.0400. The molecule has 0 aliphatic heterocycles. The molecule has 132 valence electrons. The zero-order chi connectivity index (χ0) is 18.7. The summed E-state index contributed by atoms with van der Waals surface area (Å²) < 4.78 is 5.06. The number of hydrogen-bond donors (Lipinski definition) is 2. The van der Waals surface area contributed by atoms with Crippen LogP contribution in [0.15, 0.2) is 30.3 Å². The molecule has 0 heterocycles. The molecule has 5 nitrogen and oxygen atoms in total. The number of phenolic OH excluding ortho intramolecular Hbond substituents is 2. The summed E-state index contributed by atoms with van der Waals surface area (Å²) in [6.45, 7) is 5.26. The quantitative estimate of drug-likeness (QED) is 0.617. The smallest absolute Gasteiger partial charge is 0.342 e. The molecular weight excluding hydrogens is 344 g/mol. The molecule has 0 saturated carbocycles. The zero-order valence-electron chi connectivity index (χ0n) is 14.2. The highest BCUT2D eigenvalue weighted by Crippen LogP contribution is 2.32. The number of aromatic hydroxyl groups is 2. The summed E-state index contributed by atoms with van der Waals surface area (Å²) in [5, 5.41) is 20.1. The van der Waals surface area contributed by atoms with Crippen molar-refractivity contribution in [1.29, 1.82) is 0 Å². The summed E-state index contributed by atoms with van der Waals surface area (Å²) in [7, 11) is 0. The van der Waals surface area contributed by atoms with E-state index in [1.165, 1.54) is 18.2 Å². The second-order valence-corrected chi connectivity index (χ2v) is 6.25. The van der Waals surface area contributed by atoms with Gasteiger partial charge in [0.25, 0.3) is 0 Å². The molecule has 0 unspecified atom stereocenters. The Morgan fingerprint density at radius 3 is 2.40 bits per heavy atom. The van der Waals surface area contributed by atoms with Crippen molar-refractivity contribution in [3.05, 3.63) is 57.6 Å². The van der Waals surface area contributed by atoms with E-state index in [9.17, 15) is 19.8 Å². The molecule has 0 bridgehead atoms. The van der Waals surface area contributed by atoms with Crippen LogP contribution in [0.4, 0.5) is 0 Å². The highest BCUT2D eigenvalue weighted by Gasteiger charge is 2.21. The van der Waals surface area contributed by atoms with Crippen molar-refractivity contribution >= 4 is 23.4 Å². The average Bonchev–Trinajstić information content (AvgIpc) is 2.56. The maximum Gasteiger partial charge on any atom is 0.342 e. The van der Waals surface area contributed by atoms with Crippen molar-refractivity contribution in [2.75, 3.05) is 0 Å². The predicted molar refractivity (Wildman–Crippen MR) is 94.6 cm³/mol. The lowest BCUT2D eigenvalue weighted by atomic mass is 9.98. The van der Waals surface area contributed by atoms with Gasteiger partial charge in [0.05, 0.1) is 16.7 Å². The monoisotopic (exact) mass is 362 g/mol. The number of ether oxygens (including phenoxy) is 1. The molecule has 0 aliphatic rings. The molecule has 2 aromatic rings. The third-order valence-corrected chi connectivity index (χ3v) is 3.89. The van der Waals surface area contributed by atoms with E-state index in [1.807, 2.05) is 6.92 Å². The van der Waals surface area contributed by atoms with Gasteiger partial charge in [-0.2, -0.15) is 0 Å². The van der Waals surface area contributed by atoms with Crippen LogP contribution < -0.4 is 0 Å². The Labute approximate surface area is 150 Å². The topological polar surface area (TPSA) is 83.8 Å². The normalized spacial score (nSPS) is 10.8. The Bertz CT molecular complexity index is 827. The molecule has 2 aromatic carbocycles. The van der Waals surface area contributed by atoms with Gasteiger partial charge in [-0.05, 0) is 56.2 Å². The highest BCUT2D eigenvalue weighted by molar-refractivity contribution is 6.33. The van der Waals surface area contributed by atoms with Crippen LogP contribution in [-0.2, 0) is 11.2 Å². The number of benzene rings is 2. The first-order valence-corrected chi connectivity index (χ1v) is 8.22. The molecular formula is C19H19ClO5. The van der Waals surface area contributed by atoms with Crippen molar-refractivity contribution in [1.82, 2.24) is 0 Å². The molecule has 0 aliphatic carbocycles. The van der Waals surface area contributed by atoms with E-state index in [2.05, 4.69) is 0 Å². The molecule has 0 fully saturated rings. The van der Waals surface area contributed by atoms with E-state index in [4.69, 9.17) is 16.3 Å². The zero-order valence-corrected chi connectivity index (χ0v) is 14.9. The summed E-state index contributed by atoms with van der Waals surface area (Å²) in [6.07, 6.45) is 0.275. The number of rotatable bonds is 5. The van der Waals surface area contributed by atoms with Crippen LogP contribution in [0.5, 0.6) is 11.5 Å². The van der Waals surface area contributed by atoms with Crippen LogP contribution in [0.25, 0.3) is 0 Å². The lowest BCUT2D eigenvalue weighted by molar-refractivity contribution is 0.0374. The molecule has 0 spiro atoms. The van der Waals surface area contributed by atoms with Gasteiger partial charge in [0.15, 0.2) is 5.78 Å². The molecule has 0 saturated heterocycles. The SMILES string of the molecule is CCc1cc(Cl)c(O)c(C(=O)c2ccc(O)c(C(=O)OC(C)C)c2)c1. The predicted octanol–water partition coefficient (Wildman–Crippen LogP) is 4.11. The maximum absolute atomic E-state index is 12.7. The third-order valence-electron chi connectivity index (χ3n) is 3.60. The Hall–Kier alpha value is -2.53. The van der Waals surface area contributed by atoms with Crippen molar-refractivity contribution in [2.24, 2.45) is 0 Å². The number of hydrogen-bond acceptors (Lipinski definition) is 5. The summed E-state index contributed by atoms with van der Waals surface area (Å²) >= 11 is 5.98. The van der Waals surface area contributed by atoms with E-state index in [-0.39, 0.29) is 39.3 Å². The number of carbonyl (C=O) groups is 2. The van der Waals surface area contributed by atoms with Gasteiger partial charge in [-0.1, -0.05) is 18.5 Å². The first kappa shape index (κ1) is 18.8. The second kappa shape index (κ2) is 7.57. The van der Waals surface area contributed by atoms with Gasteiger partial charge in [-0.3, -0.25) is 4.79 Å². The van der Waals surface area contributed by atoms with E-state index in [0.717, 1.165) is 5.56 Å². The van der Waals surface area contributed by atoms with Crippen molar-refractivity contribution < 1.29 is 24.5 Å². The Kier molecular flexibility index (Phi) is 5.69. The molecule has 0 aromatic heterocycles. The molecule has 2 rings (SSSR count). The molecule has 2 N–H and O–H groups in total. The van der Waals surface area contributed by atoms with Crippen molar-refractivity contribution in [3.8, 4) is 11.5 Å². The Morgan fingerprint density at radius 2 is 1.80 bits per heavy atom. The molecule has 0 radical (unpaired) electrons. The van der Waals surface area contributed by atoms with Crippen LogP contribution in [-0.4, -0.2) is 28.1 Å². The Balaban J connectivity index is 2.47. The third kappa shape index (κ3) is 4.12. The number of carbonyl (C=O) groups excluding carboxylic acids is 2. The van der Waals surface area contributed by atoms with Gasteiger partial charge in [-0.25, -0.2) is 4.79 Å². The molecule has 25 heavy (non-hydrogen) atoms. The van der Waals surface area contributed by atoms with Crippen LogP contribution in [0.3, 0.4) is 0 Å². The fourth-order valence-corrected chi connectivity index (χ4v) is 2.55. The van der Waals surface area contributed by atoms with Gasteiger partial charge in [-0.15, -0.1) is 0 Å². The minimum Gasteiger partial charge on any atom is -0.507 e. The van der Waals surface area contributed by atoms with Crippen LogP contribution in [0, 0.1) is 0 Å². The number of esters is 1. The molecule has 6 heteroatoms. The van der Waals surface area contributed by atoms with Crippen LogP contribution in [0.2, 0.25) is 5.02 Å². The number of phenols is 2. The maximum atomic E-state index is 12.7. The number of halogens is 1. The largest absolute Gasteiger partial charge is 0.507 e. The number of aryl methyl sites for hydroxylation is 1. The van der Waals surface area contributed by atoms with Gasteiger partial charge >= 0.3 is 5.97 Å². The summed E-state index contributed by atoms with van der Waals surface area (Å²) in [4.78, 5) is 24.8. The van der Waals surface area contributed by atoms with Gasteiger partial charge < -0.3 is 14.9 Å². The van der Waals surface area contributed by atoms with Crippen molar-refractivity contribution in [2.45, 2.75) is 33.3 Å². The average molecular weight is 363 g/mol. The number of ketones is 1.